The number of rotatable bonds is 8. The number of unbranched alkanes of at least 4 members (excludes halogenated alkanes) is 2. The summed E-state index contributed by atoms with van der Waals surface area (Å²) < 4.78 is 0. The lowest BCUT2D eigenvalue weighted by Crippen LogP contribution is -2.34. The van der Waals surface area contributed by atoms with Crippen LogP contribution in [0.4, 0.5) is 5.69 Å². The fourth-order valence-electron chi connectivity index (χ4n) is 2.63. The summed E-state index contributed by atoms with van der Waals surface area (Å²) in [5, 5.41) is 0.764. The van der Waals surface area contributed by atoms with Gasteiger partial charge in [0.25, 0.3) is 0 Å². The zero-order chi connectivity index (χ0) is 24.1. The molecule has 8 nitrogen and oxygen atoms in total. The van der Waals surface area contributed by atoms with Crippen LogP contribution in [0.3, 0.4) is 0 Å². The number of nitrogens with zero attached hydrogens (tertiary/aromatic N) is 2. The van der Waals surface area contributed by atoms with Gasteiger partial charge < -0.3 is 19.3 Å². The molecule has 0 radical (unpaired) electrons. The van der Waals surface area contributed by atoms with Gasteiger partial charge >= 0.3 is 0 Å². The largest absolute Gasteiger partial charge is 0.371 e. The van der Waals surface area contributed by atoms with Crippen molar-refractivity contribution in [2.75, 3.05) is 25.0 Å². The number of hydrazine groups is 1. The maximum absolute atomic E-state index is 10.7. The molecular formula is C23H37N3O5. The van der Waals surface area contributed by atoms with Crippen molar-refractivity contribution in [3.8, 4) is 0 Å². The molecule has 0 aliphatic carbocycles. The smallest absolute Gasteiger partial charge is 0.230 e. The van der Waals surface area contributed by atoms with Crippen LogP contribution in [0.5, 0.6) is 0 Å². The van der Waals surface area contributed by atoms with E-state index in [1.165, 1.54) is 23.9 Å². The molecule has 174 valence electrons. The highest BCUT2D eigenvalue weighted by Gasteiger charge is 2.18. The Kier molecular flexibility index (Phi) is 20.0. The standard InChI is InChI=1S/C14H19NO.C5H10O.C3H6N2O2.CH2O/c1-11-3-4-14(9-12(11)2)15-7-5-13(10-16)6-8-15;1-2-3-4-5-6;1-4-5(2-6)3-7;1-2/h3-4,9-10,13H,5-8H2,1-2H3;5H,2-4H2,1H3;2-4H,1H3;1H2. The molecular weight excluding hydrogens is 398 g/mol. The van der Waals surface area contributed by atoms with E-state index in [0.29, 0.717) is 12.8 Å². The van der Waals surface area contributed by atoms with Gasteiger partial charge in [-0.25, -0.2) is 10.4 Å². The molecule has 1 saturated heterocycles. The van der Waals surface area contributed by atoms with Gasteiger partial charge in [0, 0.05) is 38.2 Å². The third-order valence-corrected chi connectivity index (χ3v) is 4.75. The van der Waals surface area contributed by atoms with E-state index in [1.807, 2.05) is 6.79 Å². The lowest BCUT2D eigenvalue weighted by Gasteiger charge is -2.31. The van der Waals surface area contributed by atoms with Gasteiger partial charge in [0.1, 0.15) is 19.4 Å². The minimum atomic E-state index is 0.280. The molecule has 2 rings (SSSR count). The molecule has 1 heterocycles. The SMILES string of the molecule is C=O.CCCCC=O.CNN(C=O)C=O.Cc1ccc(N2CCC(C=O)CC2)cc1C. The summed E-state index contributed by atoms with van der Waals surface area (Å²) in [4.78, 5) is 49.8. The number of aldehydes is 2. The predicted molar refractivity (Wildman–Crippen MR) is 123 cm³/mol. The molecule has 0 atom stereocenters. The van der Waals surface area contributed by atoms with E-state index >= 15 is 0 Å². The van der Waals surface area contributed by atoms with Crippen molar-refractivity contribution < 1.29 is 24.0 Å². The quantitative estimate of drug-likeness (QED) is 0.380. The third kappa shape index (κ3) is 13.9. The number of carbonyl (C=O) groups excluding carboxylic acids is 5. The minimum absolute atomic E-state index is 0.280. The normalized spacial score (nSPS) is 12.5. The molecule has 1 aliphatic heterocycles. The molecule has 0 unspecified atom stereocenters. The molecule has 0 spiro atoms. The van der Waals surface area contributed by atoms with Gasteiger partial charge in [0.05, 0.1) is 0 Å². The first-order valence-electron chi connectivity index (χ1n) is 10.3. The Morgan fingerprint density at radius 2 is 1.65 bits per heavy atom. The van der Waals surface area contributed by atoms with Crippen molar-refractivity contribution >= 4 is 37.9 Å². The van der Waals surface area contributed by atoms with Crippen LogP contribution in [0.25, 0.3) is 0 Å². The average molecular weight is 436 g/mol. The summed E-state index contributed by atoms with van der Waals surface area (Å²) in [6.45, 7) is 10.4. The molecule has 0 saturated carbocycles. The van der Waals surface area contributed by atoms with Crippen molar-refractivity contribution in [1.29, 1.82) is 0 Å². The number of nitrogens with one attached hydrogen (secondary N) is 1. The molecule has 0 aromatic heterocycles. The first-order valence-corrected chi connectivity index (χ1v) is 10.3. The highest BCUT2D eigenvalue weighted by molar-refractivity contribution is 5.67. The molecule has 1 fully saturated rings. The van der Waals surface area contributed by atoms with E-state index < -0.39 is 0 Å². The minimum Gasteiger partial charge on any atom is -0.371 e. The van der Waals surface area contributed by atoms with Gasteiger partial charge in [-0.2, -0.15) is 0 Å². The Bertz CT molecular complexity index is 624. The van der Waals surface area contributed by atoms with Gasteiger partial charge in [-0.3, -0.25) is 9.59 Å². The highest BCUT2D eigenvalue weighted by atomic mass is 16.2. The lowest BCUT2D eigenvalue weighted by molar-refractivity contribution is -0.132. The number of amides is 2. The topological polar surface area (TPSA) is 104 Å². The van der Waals surface area contributed by atoms with Crippen molar-refractivity contribution in [3.63, 3.8) is 0 Å². The van der Waals surface area contributed by atoms with Gasteiger partial charge in [0.2, 0.25) is 12.8 Å². The number of aryl methyl sites for hydroxylation is 2. The van der Waals surface area contributed by atoms with E-state index in [9.17, 15) is 19.2 Å². The van der Waals surface area contributed by atoms with Crippen LogP contribution in [0.15, 0.2) is 18.2 Å². The third-order valence-electron chi connectivity index (χ3n) is 4.75. The van der Waals surface area contributed by atoms with E-state index in [-0.39, 0.29) is 5.92 Å². The van der Waals surface area contributed by atoms with Crippen LogP contribution in [-0.2, 0) is 24.0 Å². The summed E-state index contributed by atoms with van der Waals surface area (Å²) in [5.41, 5.74) is 6.28. The van der Waals surface area contributed by atoms with Crippen molar-refractivity contribution in [3.05, 3.63) is 29.3 Å². The molecule has 1 aliphatic rings. The molecule has 2 amide bonds. The average Bonchev–Trinajstić information content (AvgIpc) is 2.83. The van der Waals surface area contributed by atoms with Crippen LogP contribution >= 0.6 is 0 Å². The molecule has 1 aromatic rings. The second-order valence-corrected chi connectivity index (χ2v) is 6.88. The molecule has 8 heteroatoms. The van der Waals surface area contributed by atoms with Crippen LogP contribution in [0.2, 0.25) is 0 Å². The summed E-state index contributed by atoms with van der Waals surface area (Å²) in [7, 11) is 1.48. The first-order chi connectivity index (χ1) is 15.0. The van der Waals surface area contributed by atoms with Crippen molar-refractivity contribution in [2.45, 2.75) is 52.9 Å². The number of carbonyl (C=O) groups is 5. The molecule has 1 N–H and O–H groups in total. The van der Waals surface area contributed by atoms with Crippen molar-refractivity contribution in [1.82, 2.24) is 10.4 Å². The molecule has 0 bridgehead atoms. The van der Waals surface area contributed by atoms with E-state index in [1.54, 1.807) is 0 Å². The van der Waals surface area contributed by atoms with Crippen LogP contribution in [0, 0.1) is 19.8 Å². The zero-order valence-electron chi connectivity index (χ0n) is 19.2. The highest BCUT2D eigenvalue weighted by Crippen LogP contribution is 2.24. The first kappa shape index (κ1) is 30.3. The zero-order valence-corrected chi connectivity index (χ0v) is 19.2. The molecule has 31 heavy (non-hydrogen) atoms. The lowest BCUT2D eigenvalue weighted by atomic mass is 9.98. The summed E-state index contributed by atoms with van der Waals surface area (Å²) in [5.74, 6) is 0.280. The number of piperidine rings is 1. The Morgan fingerprint density at radius 3 is 1.97 bits per heavy atom. The summed E-state index contributed by atoms with van der Waals surface area (Å²) in [6, 6.07) is 6.61. The summed E-state index contributed by atoms with van der Waals surface area (Å²) >= 11 is 0. The van der Waals surface area contributed by atoms with Crippen LogP contribution in [0.1, 0.15) is 50.2 Å². The number of imide groups is 1. The second kappa shape index (κ2) is 20.4. The van der Waals surface area contributed by atoms with E-state index in [0.717, 1.165) is 62.8 Å². The Balaban J connectivity index is 0. The fraction of sp³-hybridized carbons (Fsp3) is 0.522. The van der Waals surface area contributed by atoms with Crippen LogP contribution in [-0.4, -0.2) is 57.3 Å². The second-order valence-electron chi connectivity index (χ2n) is 6.88. The maximum atomic E-state index is 10.7. The number of hydrogen-bond acceptors (Lipinski definition) is 7. The van der Waals surface area contributed by atoms with E-state index in [4.69, 9.17) is 4.79 Å². The number of anilines is 1. The monoisotopic (exact) mass is 435 g/mol. The van der Waals surface area contributed by atoms with Gasteiger partial charge in [0.15, 0.2) is 0 Å². The number of benzene rings is 1. The van der Waals surface area contributed by atoms with Gasteiger partial charge in [-0.15, -0.1) is 0 Å². The Labute approximate surface area is 185 Å². The van der Waals surface area contributed by atoms with Crippen molar-refractivity contribution in [2.24, 2.45) is 5.92 Å². The van der Waals surface area contributed by atoms with Gasteiger partial charge in [-0.05, 0) is 56.4 Å². The Morgan fingerprint density at radius 1 is 1.06 bits per heavy atom. The van der Waals surface area contributed by atoms with Gasteiger partial charge in [-0.1, -0.05) is 19.4 Å². The fourth-order valence-corrected chi connectivity index (χ4v) is 2.63. The predicted octanol–water partition coefficient (Wildman–Crippen LogP) is 2.64. The summed E-state index contributed by atoms with van der Waals surface area (Å²) in [6.07, 6.45) is 7.73. The van der Waals surface area contributed by atoms with Crippen LogP contribution < -0.4 is 10.3 Å². The number of hydrogen-bond donors (Lipinski definition) is 1. The molecule has 1 aromatic carbocycles. The van der Waals surface area contributed by atoms with E-state index in [2.05, 4.69) is 49.3 Å². The maximum Gasteiger partial charge on any atom is 0.230 e. The Hall–Kier alpha value is -2.87.